The van der Waals surface area contributed by atoms with Crippen molar-refractivity contribution in [3.63, 3.8) is 0 Å². The molecule has 0 fully saturated rings. The number of oxazole rings is 1. The van der Waals surface area contributed by atoms with Crippen LogP contribution >= 0.6 is 11.3 Å². The molecule has 0 spiro atoms. The first kappa shape index (κ1) is 12.4. The first-order chi connectivity index (χ1) is 9.28. The van der Waals surface area contributed by atoms with Crippen LogP contribution in [0.25, 0.3) is 20.7 Å². The monoisotopic (exact) mass is 272 g/mol. The maximum absolute atomic E-state index is 5.85. The standard InChI is InChI=1S/C15H16N2OS/c1-3-16-10(2)15-17-9-12(18-15)14-8-11-6-4-5-7-13(11)19-14/h4-10,16H,3H2,1-2H3. The zero-order valence-electron chi connectivity index (χ0n) is 11.0. The molecule has 0 radical (unpaired) electrons. The molecule has 4 heteroatoms. The molecule has 1 atom stereocenters. The van der Waals surface area contributed by atoms with Gasteiger partial charge in [0.25, 0.3) is 0 Å². The van der Waals surface area contributed by atoms with E-state index in [9.17, 15) is 0 Å². The highest BCUT2D eigenvalue weighted by molar-refractivity contribution is 7.22. The van der Waals surface area contributed by atoms with Crippen LogP contribution in [0, 0.1) is 0 Å². The van der Waals surface area contributed by atoms with E-state index in [1.54, 1.807) is 11.3 Å². The van der Waals surface area contributed by atoms with E-state index >= 15 is 0 Å². The van der Waals surface area contributed by atoms with Gasteiger partial charge in [-0.25, -0.2) is 4.98 Å². The average molecular weight is 272 g/mol. The van der Waals surface area contributed by atoms with Crippen molar-refractivity contribution in [2.75, 3.05) is 6.54 Å². The Morgan fingerprint density at radius 1 is 1.37 bits per heavy atom. The average Bonchev–Trinajstić information content (AvgIpc) is 3.05. The van der Waals surface area contributed by atoms with Gasteiger partial charge in [-0.2, -0.15) is 0 Å². The van der Waals surface area contributed by atoms with Crippen molar-refractivity contribution in [1.29, 1.82) is 0 Å². The van der Waals surface area contributed by atoms with Gasteiger partial charge in [0, 0.05) is 4.70 Å². The number of hydrogen-bond donors (Lipinski definition) is 1. The summed E-state index contributed by atoms with van der Waals surface area (Å²) in [4.78, 5) is 5.49. The van der Waals surface area contributed by atoms with E-state index in [1.807, 2.05) is 6.20 Å². The SMILES string of the molecule is CCNC(C)c1ncc(-c2cc3ccccc3s2)o1. The predicted octanol–water partition coefficient (Wildman–Crippen LogP) is 4.23. The smallest absolute Gasteiger partial charge is 0.211 e. The summed E-state index contributed by atoms with van der Waals surface area (Å²) in [6.07, 6.45) is 1.81. The quantitative estimate of drug-likeness (QED) is 0.772. The van der Waals surface area contributed by atoms with Crippen LogP contribution in [0.4, 0.5) is 0 Å². The highest BCUT2D eigenvalue weighted by atomic mass is 32.1. The molecule has 19 heavy (non-hydrogen) atoms. The Bertz CT molecular complexity index is 653. The van der Waals surface area contributed by atoms with Crippen molar-refractivity contribution in [2.45, 2.75) is 19.9 Å². The second kappa shape index (κ2) is 5.15. The van der Waals surface area contributed by atoms with Gasteiger partial charge < -0.3 is 9.73 Å². The Kier molecular flexibility index (Phi) is 3.36. The summed E-state index contributed by atoms with van der Waals surface area (Å²) in [6.45, 7) is 5.04. The first-order valence-corrected chi connectivity index (χ1v) is 7.27. The van der Waals surface area contributed by atoms with Gasteiger partial charge in [0.15, 0.2) is 5.76 Å². The Balaban J connectivity index is 1.93. The molecule has 2 aromatic heterocycles. The van der Waals surface area contributed by atoms with Crippen LogP contribution in [0.1, 0.15) is 25.8 Å². The largest absolute Gasteiger partial charge is 0.438 e. The number of rotatable bonds is 4. The molecular formula is C15H16N2OS. The zero-order valence-corrected chi connectivity index (χ0v) is 11.8. The number of benzene rings is 1. The van der Waals surface area contributed by atoms with Crippen LogP contribution in [-0.4, -0.2) is 11.5 Å². The lowest BCUT2D eigenvalue weighted by atomic mass is 10.2. The topological polar surface area (TPSA) is 38.1 Å². The number of aromatic nitrogens is 1. The lowest BCUT2D eigenvalue weighted by Crippen LogP contribution is -2.17. The first-order valence-electron chi connectivity index (χ1n) is 6.46. The minimum absolute atomic E-state index is 0.146. The van der Waals surface area contributed by atoms with Gasteiger partial charge in [-0.1, -0.05) is 25.1 Å². The van der Waals surface area contributed by atoms with Gasteiger partial charge >= 0.3 is 0 Å². The normalized spacial score (nSPS) is 12.9. The molecule has 1 aromatic carbocycles. The molecule has 0 bridgehead atoms. The van der Waals surface area contributed by atoms with E-state index in [4.69, 9.17) is 4.42 Å². The minimum Gasteiger partial charge on any atom is -0.438 e. The van der Waals surface area contributed by atoms with E-state index in [0.717, 1.165) is 23.1 Å². The Morgan fingerprint density at radius 3 is 3.00 bits per heavy atom. The fraction of sp³-hybridized carbons (Fsp3) is 0.267. The van der Waals surface area contributed by atoms with Gasteiger partial charge in [0.1, 0.15) is 0 Å². The zero-order chi connectivity index (χ0) is 13.2. The maximum Gasteiger partial charge on any atom is 0.211 e. The molecule has 0 saturated carbocycles. The molecule has 3 rings (SSSR count). The van der Waals surface area contributed by atoms with Crippen LogP contribution < -0.4 is 5.32 Å². The molecule has 2 heterocycles. The van der Waals surface area contributed by atoms with Gasteiger partial charge in [-0.15, -0.1) is 11.3 Å². The van der Waals surface area contributed by atoms with Crippen LogP contribution in [0.5, 0.6) is 0 Å². The summed E-state index contributed by atoms with van der Waals surface area (Å²) in [5, 5.41) is 4.55. The van der Waals surface area contributed by atoms with Crippen molar-refractivity contribution in [2.24, 2.45) is 0 Å². The Labute approximate surface area is 116 Å². The predicted molar refractivity (Wildman–Crippen MR) is 79.4 cm³/mol. The molecule has 3 nitrogen and oxygen atoms in total. The number of hydrogen-bond acceptors (Lipinski definition) is 4. The summed E-state index contributed by atoms with van der Waals surface area (Å²) in [6, 6.07) is 10.7. The van der Waals surface area contributed by atoms with Gasteiger partial charge in [-0.3, -0.25) is 0 Å². The van der Waals surface area contributed by atoms with Crippen LogP contribution in [0.15, 0.2) is 40.9 Å². The number of fused-ring (bicyclic) bond motifs is 1. The number of nitrogens with zero attached hydrogens (tertiary/aromatic N) is 1. The third-order valence-electron chi connectivity index (χ3n) is 3.07. The van der Waals surface area contributed by atoms with Crippen molar-refractivity contribution >= 4 is 21.4 Å². The Hall–Kier alpha value is -1.65. The molecule has 0 aliphatic heterocycles. The van der Waals surface area contributed by atoms with Crippen molar-refractivity contribution in [1.82, 2.24) is 10.3 Å². The van der Waals surface area contributed by atoms with E-state index in [1.165, 1.54) is 10.1 Å². The van der Waals surface area contributed by atoms with Crippen LogP contribution in [-0.2, 0) is 0 Å². The number of nitrogens with one attached hydrogen (secondary N) is 1. The molecule has 3 aromatic rings. The summed E-state index contributed by atoms with van der Waals surface area (Å²) in [7, 11) is 0. The fourth-order valence-corrected chi connectivity index (χ4v) is 3.11. The third kappa shape index (κ3) is 2.41. The third-order valence-corrected chi connectivity index (χ3v) is 4.20. The molecule has 1 N–H and O–H groups in total. The van der Waals surface area contributed by atoms with Gasteiger partial charge in [0.2, 0.25) is 5.89 Å². The lowest BCUT2D eigenvalue weighted by molar-refractivity contribution is 0.429. The highest BCUT2D eigenvalue weighted by Crippen LogP contribution is 2.34. The summed E-state index contributed by atoms with van der Waals surface area (Å²) < 4.78 is 7.12. The molecule has 0 amide bonds. The summed E-state index contributed by atoms with van der Waals surface area (Å²) in [5.74, 6) is 1.59. The fourth-order valence-electron chi connectivity index (χ4n) is 2.10. The van der Waals surface area contributed by atoms with Gasteiger partial charge in [0.05, 0.1) is 17.1 Å². The molecule has 0 saturated heterocycles. The lowest BCUT2D eigenvalue weighted by Gasteiger charge is -2.06. The van der Waals surface area contributed by atoms with Crippen LogP contribution in [0.3, 0.4) is 0 Å². The molecular weight excluding hydrogens is 256 g/mol. The summed E-state index contributed by atoms with van der Waals surface area (Å²) in [5.41, 5.74) is 0. The summed E-state index contributed by atoms with van der Waals surface area (Å²) >= 11 is 1.73. The van der Waals surface area contributed by atoms with Crippen molar-refractivity contribution < 1.29 is 4.42 Å². The molecule has 0 aliphatic rings. The van der Waals surface area contributed by atoms with E-state index in [0.29, 0.717) is 0 Å². The van der Waals surface area contributed by atoms with E-state index < -0.39 is 0 Å². The second-order valence-corrected chi connectivity index (χ2v) is 5.57. The maximum atomic E-state index is 5.85. The Morgan fingerprint density at radius 2 is 2.21 bits per heavy atom. The van der Waals surface area contributed by atoms with Gasteiger partial charge in [-0.05, 0) is 31.0 Å². The molecule has 1 unspecified atom stereocenters. The van der Waals surface area contributed by atoms with Crippen LogP contribution in [0.2, 0.25) is 0 Å². The molecule has 0 aliphatic carbocycles. The van der Waals surface area contributed by atoms with Crippen molar-refractivity contribution in [3.05, 3.63) is 42.4 Å². The second-order valence-electron chi connectivity index (χ2n) is 4.49. The number of thiophene rings is 1. The van der Waals surface area contributed by atoms with E-state index in [-0.39, 0.29) is 6.04 Å². The minimum atomic E-state index is 0.146. The highest BCUT2D eigenvalue weighted by Gasteiger charge is 2.13. The van der Waals surface area contributed by atoms with E-state index in [2.05, 4.69) is 54.5 Å². The molecule has 98 valence electrons. The van der Waals surface area contributed by atoms with Crippen molar-refractivity contribution in [3.8, 4) is 10.6 Å².